The Hall–Kier alpha value is -2.05. The van der Waals surface area contributed by atoms with E-state index in [1.807, 2.05) is 13.0 Å². The van der Waals surface area contributed by atoms with E-state index in [9.17, 15) is 4.79 Å². The summed E-state index contributed by atoms with van der Waals surface area (Å²) in [6, 6.07) is 2.02. The van der Waals surface area contributed by atoms with Crippen LogP contribution in [-0.4, -0.2) is 67.3 Å². The maximum atomic E-state index is 11.7. The Kier molecular flexibility index (Phi) is 6.43. The summed E-state index contributed by atoms with van der Waals surface area (Å²) in [5.74, 6) is 1.86. The standard InChI is InChI=1S/C16H27N5O2/c1-4-6-7-19(3)14-12-15(18-13-17-14)20-8-10-21(11-9-20)16(22)23-5-2/h12-13H,4-11H2,1-3H3. The Morgan fingerprint density at radius 1 is 1.26 bits per heavy atom. The van der Waals surface area contributed by atoms with E-state index in [2.05, 4.69) is 33.7 Å². The average molecular weight is 321 g/mol. The molecule has 0 saturated carbocycles. The highest BCUT2D eigenvalue weighted by molar-refractivity contribution is 5.68. The molecule has 1 aromatic heterocycles. The number of hydrogen-bond donors (Lipinski definition) is 0. The summed E-state index contributed by atoms with van der Waals surface area (Å²) in [4.78, 5) is 26.6. The molecule has 0 aromatic carbocycles. The summed E-state index contributed by atoms with van der Waals surface area (Å²) in [5.41, 5.74) is 0. The lowest BCUT2D eigenvalue weighted by atomic mass is 10.3. The van der Waals surface area contributed by atoms with Crippen molar-refractivity contribution >= 4 is 17.7 Å². The lowest BCUT2D eigenvalue weighted by molar-refractivity contribution is 0.105. The zero-order valence-electron chi connectivity index (χ0n) is 14.4. The van der Waals surface area contributed by atoms with Gasteiger partial charge in [0.1, 0.15) is 18.0 Å². The summed E-state index contributed by atoms with van der Waals surface area (Å²) in [6.45, 7) is 8.24. The zero-order chi connectivity index (χ0) is 16.7. The van der Waals surface area contributed by atoms with E-state index in [4.69, 9.17) is 4.74 Å². The predicted molar refractivity (Wildman–Crippen MR) is 91.0 cm³/mol. The van der Waals surface area contributed by atoms with Crippen LogP contribution in [0.1, 0.15) is 26.7 Å². The molecular weight excluding hydrogens is 294 g/mol. The normalized spacial score (nSPS) is 14.7. The summed E-state index contributed by atoms with van der Waals surface area (Å²) in [5, 5.41) is 0. The molecule has 1 fully saturated rings. The van der Waals surface area contributed by atoms with Gasteiger partial charge in [0, 0.05) is 45.8 Å². The van der Waals surface area contributed by atoms with Crippen molar-refractivity contribution in [1.29, 1.82) is 0 Å². The summed E-state index contributed by atoms with van der Waals surface area (Å²) in [7, 11) is 2.06. The molecule has 7 heteroatoms. The van der Waals surface area contributed by atoms with Gasteiger partial charge in [-0.2, -0.15) is 0 Å². The molecule has 128 valence electrons. The Morgan fingerprint density at radius 3 is 2.65 bits per heavy atom. The number of amides is 1. The van der Waals surface area contributed by atoms with Crippen molar-refractivity contribution in [2.45, 2.75) is 26.7 Å². The fourth-order valence-electron chi connectivity index (χ4n) is 2.56. The van der Waals surface area contributed by atoms with Crippen LogP contribution in [0.5, 0.6) is 0 Å². The monoisotopic (exact) mass is 321 g/mol. The van der Waals surface area contributed by atoms with E-state index in [0.717, 1.165) is 44.1 Å². The molecule has 1 aromatic rings. The van der Waals surface area contributed by atoms with E-state index < -0.39 is 0 Å². The number of rotatable bonds is 6. The van der Waals surface area contributed by atoms with Crippen LogP contribution < -0.4 is 9.80 Å². The number of nitrogens with zero attached hydrogens (tertiary/aromatic N) is 5. The molecule has 2 rings (SSSR count). The SMILES string of the molecule is CCCCN(C)c1cc(N2CCN(C(=O)OCC)CC2)ncn1. The molecule has 0 aliphatic carbocycles. The third-order valence-corrected chi connectivity index (χ3v) is 4.01. The van der Waals surface area contributed by atoms with Crippen molar-refractivity contribution in [2.24, 2.45) is 0 Å². The highest BCUT2D eigenvalue weighted by atomic mass is 16.6. The Bertz CT molecular complexity index is 503. The van der Waals surface area contributed by atoms with Crippen molar-refractivity contribution in [3.8, 4) is 0 Å². The predicted octanol–water partition coefficient (Wildman–Crippen LogP) is 1.99. The molecule has 0 N–H and O–H groups in total. The van der Waals surface area contributed by atoms with Crippen molar-refractivity contribution < 1.29 is 9.53 Å². The average Bonchev–Trinajstić information content (AvgIpc) is 2.60. The van der Waals surface area contributed by atoms with Gasteiger partial charge in [-0.25, -0.2) is 14.8 Å². The number of unbranched alkanes of at least 4 members (excludes halogenated alkanes) is 1. The number of piperazine rings is 1. The minimum atomic E-state index is -0.227. The van der Waals surface area contributed by atoms with Crippen LogP contribution >= 0.6 is 0 Å². The van der Waals surface area contributed by atoms with Gasteiger partial charge < -0.3 is 19.4 Å². The second-order valence-electron chi connectivity index (χ2n) is 5.68. The number of hydrogen-bond acceptors (Lipinski definition) is 6. The van der Waals surface area contributed by atoms with Gasteiger partial charge in [0.2, 0.25) is 0 Å². The first-order chi connectivity index (χ1) is 11.2. The summed E-state index contributed by atoms with van der Waals surface area (Å²) in [6.07, 6.45) is 3.70. The largest absolute Gasteiger partial charge is 0.450 e. The smallest absolute Gasteiger partial charge is 0.409 e. The fraction of sp³-hybridized carbons (Fsp3) is 0.688. The van der Waals surface area contributed by atoms with Crippen molar-refractivity contribution in [2.75, 3.05) is 56.2 Å². The van der Waals surface area contributed by atoms with Gasteiger partial charge in [0.25, 0.3) is 0 Å². The molecule has 0 atom stereocenters. The van der Waals surface area contributed by atoms with Crippen molar-refractivity contribution in [3.05, 3.63) is 12.4 Å². The molecule has 0 unspecified atom stereocenters. The number of carbonyl (C=O) groups excluding carboxylic acids is 1. The van der Waals surface area contributed by atoms with Crippen LogP contribution in [0.3, 0.4) is 0 Å². The van der Waals surface area contributed by atoms with Gasteiger partial charge in [-0.1, -0.05) is 13.3 Å². The summed E-state index contributed by atoms with van der Waals surface area (Å²) < 4.78 is 5.05. The molecule has 23 heavy (non-hydrogen) atoms. The third kappa shape index (κ3) is 4.71. The van der Waals surface area contributed by atoms with Gasteiger partial charge in [0.15, 0.2) is 0 Å². The minimum Gasteiger partial charge on any atom is -0.450 e. The van der Waals surface area contributed by atoms with Gasteiger partial charge >= 0.3 is 6.09 Å². The van der Waals surface area contributed by atoms with E-state index in [1.54, 1.807) is 11.2 Å². The van der Waals surface area contributed by atoms with Gasteiger partial charge in [-0.05, 0) is 13.3 Å². The minimum absolute atomic E-state index is 0.227. The van der Waals surface area contributed by atoms with Crippen LogP contribution in [0, 0.1) is 0 Å². The van der Waals surface area contributed by atoms with Gasteiger partial charge in [0.05, 0.1) is 6.61 Å². The van der Waals surface area contributed by atoms with E-state index in [1.165, 1.54) is 0 Å². The van der Waals surface area contributed by atoms with E-state index >= 15 is 0 Å². The van der Waals surface area contributed by atoms with Crippen LogP contribution in [0.2, 0.25) is 0 Å². The number of aromatic nitrogens is 2. The molecular formula is C16H27N5O2. The third-order valence-electron chi connectivity index (χ3n) is 4.01. The maximum Gasteiger partial charge on any atom is 0.409 e. The van der Waals surface area contributed by atoms with Crippen LogP contribution in [0.4, 0.5) is 16.4 Å². The Morgan fingerprint density at radius 2 is 2.00 bits per heavy atom. The van der Waals surface area contributed by atoms with Gasteiger partial charge in [-0.3, -0.25) is 0 Å². The molecule has 1 aliphatic heterocycles. The molecule has 1 saturated heterocycles. The Balaban J connectivity index is 1.94. The number of ether oxygens (including phenoxy) is 1. The zero-order valence-corrected chi connectivity index (χ0v) is 14.4. The highest BCUT2D eigenvalue weighted by Crippen LogP contribution is 2.18. The van der Waals surface area contributed by atoms with E-state index in [0.29, 0.717) is 19.7 Å². The number of carbonyl (C=O) groups is 1. The summed E-state index contributed by atoms with van der Waals surface area (Å²) >= 11 is 0. The first-order valence-corrected chi connectivity index (χ1v) is 8.35. The molecule has 0 spiro atoms. The molecule has 2 heterocycles. The quantitative estimate of drug-likeness (QED) is 0.798. The molecule has 1 aliphatic rings. The fourth-order valence-corrected chi connectivity index (χ4v) is 2.56. The lowest BCUT2D eigenvalue weighted by Crippen LogP contribution is -2.49. The van der Waals surface area contributed by atoms with Crippen molar-refractivity contribution in [1.82, 2.24) is 14.9 Å². The second-order valence-corrected chi connectivity index (χ2v) is 5.68. The second kappa shape index (κ2) is 8.55. The van der Waals surface area contributed by atoms with Crippen molar-refractivity contribution in [3.63, 3.8) is 0 Å². The molecule has 0 radical (unpaired) electrons. The van der Waals surface area contributed by atoms with Crippen LogP contribution in [0.25, 0.3) is 0 Å². The van der Waals surface area contributed by atoms with E-state index in [-0.39, 0.29) is 6.09 Å². The molecule has 0 bridgehead atoms. The lowest BCUT2D eigenvalue weighted by Gasteiger charge is -2.34. The first kappa shape index (κ1) is 17.3. The van der Waals surface area contributed by atoms with Crippen LogP contribution in [-0.2, 0) is 4.74 Å². The number of anilines is 2. The topological polar surface area (TPSA) is 61.8 Å². The first-order valence-electron chi connectivity index (χ1n) is 8.35. The van der Waals surface area contributed by atoms with Gasteiger partial charge in [-0.15, -0.1) is 0 Å². The Labute approximate surface area is 138 Å². The van der Waals surface area contributed by atoms with Crippen LogP contribution in [0.15, 0.2) is 12.4 Å². The molecule has 1 amide bonds. The maximum absolute atomic E-state index is 11.7. The highest BCUT2D eigenvalue weighted by Gasteiger charge is 2.23. The molecule has 7 nitrogen and oxygen atoms in total.